The highest BCUT2D eigenvalue weighted by Crippen LogP contribution is 2.20. The van der Waals surface area contributed by atoms with E-state index in [0.717, 1.165) is 4.31 Å². The number of carbonyl (C=O) groups excluding carboxylic acids is 1. The van der Waals surface area contributed by atoms with E-state index in [-0.39, 0.29) is 23.1 Å². The fourth-order valence-corrected chi connectivity index (χ4v) is 3.35. The Kier molecular flexibility index (Phi) is 6.00. The highest BCUT2D eigenvalue weighted by atomic mass is 32.2. The van der Waals surface area contributed by atoms with Crippen molar-refractivity contribution in [1.29, 1.82) is 0 Å². The monoisotopic (exact) mass is 418 g/mol. The first kappa shape index (κ1) is 20.6. The van der Waals surface area contributed by atoms with Crippen LogP contribution < -0.4 is 10.1 Å². The summed E-state index contributed by atoms with van der Waals surface area (Å²) in [5.74, 6) is 0.0221. The van der Waals surface area contributed by atoms with E-state index in [9.17, 15) is 17.6 Å². The quantitative estimate of drug-likeness (QED) is 0.634. The largest absolute Gasteiger partial charge is 0.486 e. The zero-order valence-corrected chi connectivity index (χ0v) is 16.6. The maximum Gasteiger partial charge on any atom is 0.291 e. The van der Waals surface area contributed by atoms with Crippen molar-refractivity contribution in [1.82, 2.24) is 4.31 Å². The average Bonchev–Trinajstić information content (AvgIpc) is 3.17. The number of nitrogens with zero attached hydrogens (tertiary/aromatic N) is 1. The van der Waals surface area contributed by atoms with Gasteiger partial charge in [-0.2, -0.15) is 0 Å². The molecule has 1 aromatic heterocycles. The molecule has 0 aliphatic rings. The molecule has 0 bridgehead atoms. The van der Waals surface area contributed by atoms with Crippen LogP contribution in [-0.2, 0) is 16.6 Å². The number of ether oxygens (including phenoxy) is 1. The van der Waals surface area contributed by atoms with Gasteiger partial charge in [0.05, 0.1) is 4.90 Å². The van der Waals surface area contributed by atoms with Crippen LogP contribution in [0.5, 0.6) is 5.75 Å². The number of amides is 1. The van der Waals surface area contributed by atoms with E-state index < -0.39 is 15.9 Å². The molecule has 0 radical (unpaired) electrons. The van der Waals surface area contributed by atoms with E-state index in [1.807, 2.05) is 0 Å². The Morgan fingerprint density at radius 3 is 2.52 bits per heavy atom. The van der Waals surface area contributed by atoms with Crippen LogP contribution in [0.1, 0.15) is 16.3 Å². The summed E-state index contributed by atoms with van der Waals surface area (Å²) < 4.78 is 49.3. The van der Waals surface area contributed by atoms with Gasteiger partial charge < -0.3 is 14.5 Å². The van der Waals surface area contributed by atoms with Crippen molar-refractivity contribution in [3.63, 3.8) is 0 Å². The number of furan rings is 1. The fourth-order valence-electron chi connectivity index (χ4n) is 2.40. The summed E-state index contributed by atoms with van der Waals surface area (Å²) in [7, 11) is -0.754. The maximum absolute atomic E-state index is 12.9. The van der Waals surface area contributed by atoms with Crippen molar-refractivity contribution in [3.8, 4) is 5.75 Å². The minimum atomic E-state index is -3.61. The third kappa shape index (κ3) is 5.01. The highest BCUT2D eigenvalue weighted by molar-refractivity contribution is 7.89. The molecule has 0 saturated heterocycles. The second kappa shape index (κ2) is 8.46. The zero-order chi connectivity index (χ0) is 21.0. The lowest BCUT2D eigenvalue weighted by Gasteiger charge is -2.12. The van der Waals surface area contributed by atoms with Crippen LogP contribution >= 0.6 is 0 Å². The Morgan fingerprint density at radius 2 is 1.83 bits per heavy atom. The van der Waals surface area contributed by atoms with Crippen molar-refractivity contribution in [2.45, 2.75) is 11.5 Å². The minimum Gasteiger partial charge on any atom is -0.486 e. The van der Waals surface area contributed by atoms with Gasteiger partial charge in [-0.05, 0) is 54.6 Å². The number of nitrogens with one attached hydrogen (secondary N) is 1. The number of benzene rings is 2. The molecule has 7 nitrogen and oxygen atoms in total. The molecule has 9 heteroatoms. The van der Waals surface area contributed by atoms with Gasteiger partial charge in [0.2, 0.25) is 10.0 Å². The molecule has 0 saturated carbocycles. The summed E-state index contributed by atoms with van der Waals surface area (Å²) in [6.45, 7) is 0.0650. The van der Waals surface area contributed by atoms with Gasteiger partial charge >= 0.3 is 0 Å². The first-order chi connectivity index (χ1) is 13.8. The lowest BCUT2D eigenvalue weighted by molar-refractivity contribution is 0.0992. The fraction of sp³-hybridized carbons (Fsp3) is 0.150. The van der Waals surface area contributed by atoms with Gasteiger partial charge in [-0.15, -0.1) is 0 Å². The summed E-state index contributed by atoms with van der Waals surface area (Å²) in [6, 6.07) is 14.5. The molecule has 152 valence electrons. The number of carbonyl (C=O) groups is 1. The number of anilines is 1. The van der Waals surface area contributed by atoms with Crippen molar-refractivity contribution >= 4 is 21.6 Å². The topological polar surface area (TPSA) is 88.9 Å². The third-order valence-electron chi connectivity index (χ3n) is 3.95. The Morgan fingerprint density at radius 1 is 1.10 bits per heavy atom. The van der Waals surface area contributed by atoms with E-state index in [1.165, 1.54) is 62.6 Å². The summed E-state index contributed by atoms with van der Waals surface area (Å²) in [5.41, 5.74) is 0.318. The van der Waals surface area contributed by atoms with Crippen molar-refractivity contribution in [2.75, 3.05) is 19.4 Å². The molecule has 0 aliphatic heterocycles. The Balaban J connectivity index is 1.65. The first-order valence-corrected chi connectivity index (χ1v) is 10.0. The summed E-state index contributed by atoms with van der Waals surface area (Å²) in [5, 5.41) is 2.60. The second-order valence-electron chi connectivity index (χ2n) is 6.28. The summed E-state index contributed by atoms with van der Waals surface area (Å²) >= 11 is 0. The summed E-state index contributed by atoms with van der Waals surface area (Å²) in [4.78, 5) is 12.4. The van der Waals surface area contributed by atoms with Crippen LogP contribution in [0.25, 0.3) is 0 Å². The van der Waals surface area contributed by atoms with E-state index >= 15 is 0 Å². The van der Waals surface area contributed by atoms with Gasteiger partial charge in [-0.25, -0.2) is 17.1 Å². The SMILES string of the molecule is CN(C)S(=O)(=O)c1cccc(NC(=O)c2ccc(COc3ccc(F)cc3)o2)c1. The molecule has 2 aromatic carbocycles. The molecule has 1 heterocycles. The van der Waals surface area contributed by atoms with E-state index in [4.69, 9.17) is 9.15 Å². The van der Waals surface area contributed by atoms with Gasteiger partial charge in [-0.1, -0.05) is 6.07 Å². The van der Waals surface area contributed by atoms with Crippen molar-refractivity contribution in [2.24, 2.45) is 0 Å². The second-order valence-corrected chi connectivity index (χ2v) is 8.43. The van der Waals surface area contributed by atoms with Crippen LogP contribution in [0.2, 0.25) is 0 Å². The molecule has 1 amide bonds. The van der Waals surface area contributed by atoms with Crippen molar-refractivity contribution in [3.05, 3.63) is 78.0 Å². The molecule has 0 atom stereocenters. The smallest absolute Gasteiger partial charge is 0.291 e. The standard InChI is InChI=1S/C20H19FN2O5S/c1-23(2)29(25,26)18-5-3-4-15(12-18)22-20(24)19-11-10-17(28-19)13-27-16-8-6-14(21)7-9-16/h3-12H,13H2,1-2H3,(H,22,24). The van der Waals surface area contributed by atoms with Gasteiger partial charge in [0.15, 0.2) is 5.76 Å². The molecule has 29 heavy (non-hydrogen) atoms. The molecule has 3 aromatic rings. The van der Waals surface area contributed by atoms with E-state index in [2.05, 4.69) is 5.32 Å². The minimum absolute atomic E-state index is 0.0450. The molecule has 0 spiro atoms. The number of hydrogen-bond donors (Lipinski definition) is 1. The maximum atomic E-state index is 12.9. The van der Waals surface area contributed by atoms with E-state index in [0.29, 0.717) is 17.2 Å². The molecular weight excluding hydrogens is 399 g/mol. The molecule has 0 unspecified atom stereocenters. The number of halogens is 1. The number of hydrogen-bond acceptors (Lipinski definition) is 5. The molecule has 0 fully saturated rings. The normalized spacial score (nSPS) is 11.4. The first-order valence-electron chi connectivity index (χ1n) is 8.57. The Labute approximate surface area is 167 Å². The average molecular weight is 418 g/mol. The van der Waals surface area contributed by atoms with Gasteiger partial charge in [0.1, 0.15) is 23.9 Å². The van der Waals surface area contributed by atoms with Crippen LogP contribution in [0.15, 0.2) is 70.0 Å². The number of rotatable bonds is 7. The van der Waals surface area contributed by atoms with Crippen LogP contribution in [-0.4, -0.2) is 32.7 Å². The summed E-state index contributed by atoms with van der Waals surface area (Å²) in [6.07, 6.45) is 0. The third-order valence-corrected chi connectivity index (χ3v) is 5.76. The lowest BCUT2D eigenvalue weighted by atomic mass is 10.3. The molecule has 1 N–H and O–H groups in total. The lowest BCUT2D eigenvalue weighted by Crippen LogP contribution is -2.22. The van der Waals surface area contributed by atoms with Crippen molar-refractivity contribution < 1.29 is 26.8 Å². The number of sulfonamides is 1. The Bertz CT molecular complexity index is 1110. The molecule has 3 rings (SSSR count). The van der Waals surface area contributed by atoms with Gasteiger partial charge in [0, 0.05) is 19.8 Å². The van der Waals surface area contributed by atoms with Crippen LogP contribution in [0.4, 0.5) is 10.1 Å². The Hall–Kier alpha value is -3.17. The molecule has 0 aliphatic carbocycles. The van der Waals surface area contributed by atoms with Gasteiger partial charge in [0.25, 0.3) is 5.91 Å². The van der Waals surface area contributed by atoms with Crippen LogP contribution in [0, 0.1) is 5.82 Å². The van der Waals surface area contributed by atoms with Crippen LogP contribution in [0.3, 0.4) is 0 Å². The van der Waals surface area contributed by atoms with E-state index in [1.54, 1.807) is 12.1 Å². The highest BCUT2D eigenvalue weighted by Gasteiger charge is 2.18. The predicted molar refractivity (Wildman–Crippen MR) is 105 cm³/mol. The molecular formula is C20H19FN2O5S. The zero-order valence-electron chi connectivity index (χ0n) is 15.8. The predicted octanol–water partition coefficient (Wildman–Crippen LogP) is 3.50. The van der Waals surface area contributed by atoms with Gasteiger partial charge in [-0.3, -0.25) is 4.79 Å².